The lowest BCUT2D eigenvalue weighted by molar-refractivity contribution is 1.42. The molecule has 2 aromatic rings. The first kappa shape index (κ1) is 10.4. The van der Waals surface area contributed by atoms with E-state index >= 15 is 0 Å². The molecule has 1 aliphatic rings. The van der Waals surface area contributed by atoms with Crippen LogP contribution in [0.15, 0.2) is 52.4 Å². The number of thioether (sulfide) groups is 1. The third kappa shape index (κ3) is 1.83. The van der Waals surface area contributed by atoms with Crippen LogP contribution in [0.2, 0.25) is 0 Å². The molecule has 1 N–H and O–H groups in total. The molecular weight excluding hydrogens is 228 g/mol. The molecule has 1 aliphatic heterocycles. The molecule has 0 bridgehead atoms. The van der Waals surface area contributed by atoms with Crippen molar-refractivity contribution in [3.63, 3.8) is 0 Å². The number of hydrogen-bond acceptors (Lipinski definition) is 3. The summed E-state index contributed by atoms with van der Waals surface area (Å²) in [6, 6.07) is 14.4. The highest BCUT2D eigenvalue weighted by Gasteiger charge is 2.11. The zero-order valence-corrected chi connectivity index (χ0v) is 10.3. The van der Waals surface area contributed by atoms with Gasteiger partial charge in [-0.25, -0.2) is 0 Å². The second-order valence-electron chi connectivity index (χ2n) is 3.82. The van der Waals surface area contributed by atoms with E-state index in [4.69, 9.17) is 0 Å². The number of nitrogens with one attached hydrogen (secondary N) is 1. The van der Waals surface area contributed by atoms with Gasteiger partial charge < -0.3 is 5.32 Å². The lowest BCUT2D eigenvalue weighted by Crippen LogP contribution is -1.94. The molecule has 2 aromatic carbocycles. The monoisotopic (exact) mass is 240 g/mol. The molecule has 0 unspecified atom stereocenters. The van der Waals surface area contributed by atoms with Crippen LogP contribution in [0.4, 0.5) is 17.1 Å². The maximum absolute atomic E-state index is 4.54. The average molecular weight is 240 g/mol. The molecule has 3 rings (SSSR count). The number of para-hydroxylation sites is 2. The van der Waals surface area contributed by atoms with Gasteiger partial charge in [-0.1, -0.05) is 18.2 Å². The zero-order chi connectivity index (χ0) is 11.7. The summed E-state index contributed by atoms with van der Waals surface area (Å²) >= 11 is 1.74. The Morgan fingerprint density at radius 3 is 2.71 bits per heavy atom. The average Bonchev–Trinajstić information content (AvgIpc) is 2.57. The van der Waals surface area contributed by atoms with Gasteiger partial charge in [0.15, 0.2) is 0 Å². The second kappa shape index (κ2) is 4.26. The molecule has 3 heteroatoms. The molecule has 84 valence electrons. The highest BCUT2D eigenvalue weighted by Crippen LogP contribution is 2.34. The lowest BCUT2D eigenvalue weighted by Gasteiger charge is -2.10. The molecule has 1 heterocycles. The Kier molecular flexibility index (Phi) is 2.61. The van der Waals surface area contributed by atoms with Crippen LogP contribution < -0.4 is 5.32 Å². The van der Waals surface area contributed by atoms with Crippen LogP contribution in [-0.4, -0.2) is 12.5 Å². The highest BCUT2D eigenvalue weighted by atomic mass is 32.2. The van der Waals surface area contributed by atoms with Crippen molar-refractivity contribution in [3.8, 4) is 0 Å². The van der Waals surface area contributed by atoms with Gasteiger partial charge >= 0.3 is 0 Å². The van der Waals surface area contributed by atoms with Crippen molar-refractivity contribution in [2.45, 2.75) is 4.90 Å². The maximum Gasteiger partial charge on any atom is 0.0864 e. The highest BCUT2D eigenvalue weighted by molar-refractivity contribution is 7.98. The Hall–Kier alpha value is -1.74. The van der Waals surface area contributed by atoms with Gasteiger partial charge in [0.2, 0.25) is 0 Å². The first-order valence-electron chi connectivity index (χ1n) is 5.45. The van der Waals surface area contributed by atoms with Gasteiger partial charge in [-0.3, -0.25) is 4.99 Å². The summed E-state index contributed by atoms with van der Waals surface area (Å²) in [5.74, 6) is 0. The number of hydrogen-bond donors (Lipinski definition) is 1. The van der Waals surface area contributed by atoms with Gasteiger partial charge in [0.05, 0.1) is 11.4 Å². The predicted molar refractivity (Wildman–Crippen MR) is 75.2 cm³/mol. The van der Waals surface area contributed by atoms with E-state index in [1.165, 1.54) is 4.90 Å². The van der Waals surface area contributed by atoms with Crippen molar-refractivity contribution in [2.24, 2.45) is 4.99 Å². The molecule has 0 saturated heterocycles. The van der Waals surface area contributed by atoms with Crippen LogP contribution in [0.1, 0.15) is 5.56 Å². The van der Waals surface area contributed by atoms with Crippen LogP contribution in [0, 0.1) is 0 Å². The Bertz CT molecular complexity index is 591. The predicted octanol–water partition coefficient (Wildman–Crippen LogP) is 4.22. The van der Waals surface area contributed by atoms with Gasteiger partial charge in [-0.05, 0) is 30.5 Å². The quantitative estimate of drug-likeness (QED) is 0.644. The van der Waals surface area contributed by atoms with Gasteiger partial charge in [-0.15, -0.1) is 11.8 Å². The summed E-state index contributed by atoms with van der Waals surface area (Å²) in [6.07, 6.45) is 4.03. The van der Waals surface area contributed by atoms with Gasteiger partial charge in [0.1, 0.15) is 0 Å². The first-order valence-corrected chi connectivity index (χ1v) is 6.68. The number of benzene rings is 2. The topological polar surface area (TPSA) is 24.4 Å². The van der Waals surface area contributed by atoms with Gasteiger partial charge in [0.25, 0.3) is 0 Å². The third-order valence-corrected chi connectivity index (χ3v) is 3.59. The van der Waals surface area contributed by atoms with Crippen molar-refractivity contribution in [2.75, 3.05) is 11.6 Å². The molecule has 0 atom stereocenters. The Balaban J connectivity index is 2.18. The van der Waals surface area contributed by atoms with E-state index in [0.717, 1.165) is 22.6 Å². The van der Waals surface area contributed by atoms with E-state index in [-0.39, 0.29) is 0 Å². The van der Waals surface area contributed by atoms with Crippen molar-refractivity contribution >= 4 is 35.0 Å². The largest absolute Gasteiger partial charge is 0.353 e. The van der Waals surface area contributed by atoms with Gasteiger partial charge in [0, 0.05) is 22.4 Å². The number of anilines is 2. The molecule has 0 saturated carbocycles. The first-order chi connectivity index (χ1) is 8.38. The maximum atomic E-state index is 4.54. The molecule has 0 aromatic heterocycles. The fourth-order valence-electron chi connectivity index (χ4n) is 1.94. The van der Waals surface area contributed by atoms with Crippen LogP contribution in [-0.2, 0) is 0 Å². The Morgan fingerprint density at radius 1 is 1.00 bits per heavy atom. The van der Waals surface area contributed by atoms with Crippen LogP contribution in [0.5, 0.6) is 0 Å². The van der Waals surface area contributed by atoms with E-state index in [1.54, 1.807) is 11.8 Å². The summed E-state index contributed by atoms with van der Waals surface area (Å²) in [5.41, 5.74) is 4.32. The van der Waals surface area contributed by atoms with E-state index in [0.29, 0.717) is 0 Å². The van der Waals surface area contributed by atoms with E-state index in [2.05, 4.69) is 34.8 Å². The summed E-state index contributed by atoms with van der Waals surface area (Å²) in [6.45, 7) is 0. The minimum Gasteiger partial charge on any atom is -0.353 e. The van der Waals surface area contributed by atoms with Crippen molar-refractivity contribution < 1.29 is 0 Å². The molecule has 0 spiro atoms. The molecule has 0 fully saturated rings. The Labute approximate surface area is 105 Å². The summed E-state index contributed by atoms with van der Waals surface area (Å²) in [4.78, 5) is 5.78. The summed E-state index contributed by atoms with van der Waals surface area (Å²) in [7, 11) is 0. The van der Waals surface area contributed by atoms with Gasteiger partial charge in [-0.2, -0.15) is 0 Å². The zero-order valence-electron chi connectivity index (χ0n) is 9.47. The van der Waals surface area contributed by atoms with E-state index < -0.39 is 0 Å². The van der Waals surface area contributed by atoms with Crippen LogP contribution >= 0.6 is 11.8 Å². The number of nitrogens with zero attached hydrogens (tertiary/aromatic N) is 1. The fourth-order valence-corrected chi connectivity index (χ4v) is 2.53. The Morgan fingerprint density at radius 2 is 1.82 bits per heavy atom. The fraction of sp³-hybridized carbons (Fsp3) is 0.0714. The van der Waals surface area contributed by atoms with Crippen LogP contribution in [0.25, 0.3) is 0 Å². The number of aliphatic imine (C=N–C) groups is 1. The van der Waals surface area contributed by atoms with E-state index in [9.17, 15) is 0 Å². The summed E-state index contributed by atoms with van der Waals surface area (Å²) in [5, 5.41) is 3.44. The smallest absolute Gasteiger partial charge is 0.0864 e. The minimum absolute atomic E-state index is 0.982. The summed E-state index contributed by atoms with van der Waals surface area (Å²) < 4.78 is 0. The number of rotatable bonds is 1. The third-order valence-electron chi connectivity index (χ3n) is 2.79. The van der Waals surface area contributed by atoms with Crippen molar-refractivity contribution in [1.82, 2.24) is 0 Å². The van der Waals surface area contributed by atoms with Crippen LogP contribution in [0.3, 0.4) is 0 Å². The lowest BCUT2D eigenvalue weighted by atomic mass is 10.2. The molecular formula is C14H12N2S. The molecule has 0 radical (unpaired) electrons. The second-order valence-corrected chi connectivity index (χ2v) is 4.67. The van der Waals surface area contributed by atoms with Crippen molar-refractivity contribution in [1.29, 1.82) is 0 Å². The SMILES string of the molecule is CSc1cccc2c1C=Nc1ccccc1N2. The van der Waals surface area contributed by atoms with Crippen molar-refractivity contribution in [3.05, 3.63) is 48.0 Å². The number of fused-ring (bicyclic) bond motifs is 2. The molecule has 0 amide bonds. The molecule has 17 heavy (non-hydrogen) atoms. The van der Waals surface area contributed by atoms with E-state index in [1.807, 2.05) is 30.5 Å². The normalized spacial score (nSPS) is 12.3. The standard InChI is InChI=1S/C14H12N2S/c1-17-14-8-4-7-11-10(14)9-15-12-5-2-3-6-13(12)16-11/h2-9,16H,1H3. The minimum atomic E-state index is 0.982. The molecule has 0 aliphatic carbocycles. The molecule has 2 nitrogen and oxygen atoms in total.